The minimum absolute atomic E-state index is 0.107. The molecule has 0 aromatic rings. The molecule has 1 radical (unpaired) electrons. The van der Waals surface area contributed by atoms with Gasteiger partial charge < -0.3 is 0 Å². The monoisotopic (exact) mass is 145 g/mol. The molecule has 0 heterocycles. The van der Waals surface area contributed by atoms with Gasteiger partial charge in [-0.1, -0.05) is 20.3 Å². The molecule has 0 aliphatic heterocycles. The number of alkyl halides is 1. The number of rotatable bonds is 3. The summed E-state index contributed by atoms with van der Waals surface area (Å²) < 4.78 is 0. The van der Waals surface area contributed by atoms with Crippen LogP contribution in [0, 0.1) is 12.3 Å². The molecule has 9 heavy (non-hydrogen) atoms. The summed E-state index contributed by atoms with van der Waals surface area (Å²) >= 11 is 6.12. The van der Waals surface area contributed by atoms with E-state index in [1.807, 2.05) is 0 Å². The Hall–Kier alpha value is 0.290. The second-order valence-electron chi connectivity index (χ2n) is 3.02. The van der Waals surface area contributed by atoms with Crippen LogP contribution < -0.4 is 0 Å². The average molecular weight is 146 g/mol. The van der Waals surface area contributed by atoms with Crippen LogP contribution >= 0.6 is 11.6 Å². The third-order valence-electron chi connectivity index (χ3n) is 2.14. The Kier molecular flexibility index (Phi) is 2.05. The molecular weight excluding hydrogens is 132 g/mol. The lowest BCUT2D eigenvalue weighted by Gasteiger charge is -2.14. The minimum atomic E-state index is 0.107. The van der Waals surface area contributed by atoms with Gasteiger partial charge in [-0.05, 0) is 25.2 Å². The standard InChI is InChI=1S/C8H14Cl/c1-3-4-7(2)8(9)5-6-8/h5,7H,3-4,6H2,1-2H3. The average Bonchev–Trinajstić information content (AvgIpc) is 2.50. The van der Waals surface area contributed by atoms with E-state index >= 15 is 0 Å². The highest BCUT2D eigenvalue weighted by Gasteiger charge is 2.45. The van der Waals surface area contributed by atoms with E-state index in [4.69, 9.17) is 11.6 Å². The molecule has 0 aromatic heterocycles. The predicted octanol–water partition coefficient (Wildman–Crippen LogP) is 3.01. The highest BCUT2D eigenvalue weighted by atomic mass is 35.5. The van der Waals surface area contributed by atoms with Crippen LogP contribution in [0.4, 0.5) is 0 Å². The van der Waals surface area contributed by atoms with Crippen LogP contribution in [0.2, 0.25) is 0 Å². The molecule has 0 bridgehead atoms. The van der Waals surface area contributed by atoms with E-state index in [-0.39, 0.29) is 4.87 Å². The van der Waals surface area contributed by atoms with E-state index in [0.29, 0.717) is 5.92 Å². The Labute approximate surface area is 62.6 Å². The van der Waals surface area contributed by atoms with Gasteiger partial charge in [-0.15, -0.1) is 11.6 Å². The van der Waals surface area contributed by atoms with Crippen LogP contribution in [-0.2, 0) is 0 Å². The molecule has 0 spiro atoms. The van der Waals surface area contributed by atoms with Crippen LogP contribution in [0.15, 0.2) is 0 Å². The molecule has 53 valence electrons. The summed E-state index contributed by atoms with van der Waals surface area (Å²) in [5, 5.41) is 0. The Morgan fingerprint density at radius 2 is 2.33 bits per heavy atom. The minimum Gasteiger partial charge on any atom is -0.119 e. The highest BCUT2D eigenvalue weighted by Crippen LogP contribution is 2.48. The van der Waals surface area contributed by atoms with Crippen molar-refractivity contribution in [2.75, 3.05) is 0 Å². The van der Waals surface area contributed by atoms with Crippen molar-refractivity contribution in [1.29, 1.82) is 0 Å². The summed E-state index contributed by atoms with van der Waals surface area (Å²) in [6.07, 6.45) is 5.84. The quantitative estimate of drug-likeness (QED) is 0.536. The van der Waals surface area contributed by atoms with Crippen molar-refractivity contribution < 1.29 is 0 Å². The summed E-state index contributed by atoms with van der Waals surface area (Å²) in [5.41, 5.74) is 0. The third kappa shape index (κ3) is 1.61. The topological polar surface area (TPSA) is 0 Å². The molecule has 0 N–H and O–H groups in total. The van der Waals surface area contributed by atoms with Gasteiger partial charge in [-0.2, -0.15) is 0 Å². The zero-order chi connectivity index (χ0) is 6.91. The normalized spacial score (nSPS) is 25.7. The van der Waals surface area contributed by atoms with Gasteiger partial charge in [0.05, 0.1) is 4.87 Å². The largest absolute Gasteiger partial charge is 0.119 e. The fourth-order valence-electron chi connectivity index (χ4n) is 1.17. The van der Waals surface area contributed by atoms with Gasteiger partial charge in [0.15, 0.2) is 0 Å². The van der Waals surface area contributed by atoms with Crippen molar-refractivity contribution in [2.24, 2.45) is 5.92 Å². The second kappa shape index (κ2) is 2.49. The molecular formula is C8H14Cl. The first kappa shape index (κ1) is 7.40. The molecule has 0 nitrogen and oxygen atoms in total. The smallest absolute Gasteiger partial charge is 0.0507 e. The lowest BCUT2D eigenvalue weighted by atomic mass is 10.0. The molecule has 1 fully saturated rings. The summed E-state index contributed by atoms with van der Waals surface area (Å²) in [6, 6.07) is 0. The molecule has 1 heteroatoms. The van der Waals surface area contributed by atoms with Gasteiger partial charge in [-0.3, -0.25) is 0 Å². The van der Waals surface area contributed by atoms with Crippen molar-refractivity contribution in [3.8, 4) is 0 Å². The summed E-state index contributed by atoms with van der Waals surface area (Å²) in [6.45, 7) is 4.44. The second-order valence-corrected chi connectivity index (χ2v) is 3.73. The molecule has 2 atom stereocenters. The van der Waals surface area contributed by atoms with Gasteiger partial charge in [0.2, 0.25) is 0 Å². The molecule has 0 amide bonds. The van der Waals surface area contributed by atoms with E-state index in [1.165, 1.54) is 12.8 Å². The van der Waals surface area contributed by atoms with Gasteiger partial charge in [-0.25, -0.2) is 0 Å². The number of hydrogen-bond donors (Lipinski definition) is 0. The number of hydrogen-bond acceptors (Lipinski definition) is 0. The maximum atomic E-state index is 6.12. The lowest BCUT2D eigenvalue weighted by molar-refractivity contribution is 0.497. The maximum Gasteiger partial charge on any atom is 0.0507 e. The zero-order valence-corrected chi connectivity index (χ0v) is 6.91. The van der Waals surface area contributed by atoms with E-state index in [9.17, 15) is 0 Å². The Morgan fingerprint density at radius 1 is 1.78 bits per heavy atom. The van der Waals surface area contributed by atoms with E-state index < -0.39 is 0 Å². The van der Waals surface area contributed by atoms with Crippen LogP contribution in [0.3, 0.4) is 0 Å². The van der Waals surface area contributed by atoms with Crippen LogP contribution in [-0.4, -0.2) is 4.87 Å². The van der Waals surface area contributed by atoms with Crippen molar-refractivity contribution in [3.63, 3.8) is 0 Å². The molecule has 0 saturated heterocycles. The molecule has 2 unspecified atom stereocenters. The molecule has 0 aromatic carbocycles. The van der Waals surface area contributed by atoms with Crippen LogP contribution in [0.1, 0.15) is 33.1 Å². The zero-order valence-electron chi connectivity index (χ0n) is 6.15. The summed E-state index contributed by atoms with van der Waals surface area (Å²) in [7, 11) is 0. The van der Waals surface area contributed by atoms with Gasteiger partial charge in [0, 0.05) is 0 Å². The van der Waals surface area contributed by atoms with Gasteiger partial charge in [0.25, 0.3) is 0 Å². The molecule has 1 rings (SSSR count). The highest BCUT2D eigenvalue weighted by molar-refractivity contribution is 6.27. The molecule has 1 aliphatic carbocycles. The van der Waals surface area contributed by atoms with Crippen LogP contribution in [0.5, 0.6) is 0 Å². The summed E-state index contributed by atoms with van der Waals surface area (Å²) in [5.74, 6) is 0.684. The SMILES string of the molecule is CCCC(C)C1(Cl)[CH]C1. The van der Waals surface area contributed by atoms with Gasteiger partial charge in [0.1, 0.15) is 0 Å². The van der Waals surface area contributed by atoms with Crippen molar-refractivity contribution >= 4 is 11.6 Å². The van der Waals surface area contributed by atoms with E-state index in [1.54, 1.807) is 0 Å². The predicted molar refractivity (Wildman–Crippen MR) is 41.6 cm³/mol. The fraction of sp³-hybridized carbons (Fsp3) is 0.875. The fourth-order valence-corrected chi connectivity index (χ4v) is 1.36. The Bertz CT molecular complexity index is 94.7. The Balaban J connectivity index is 2.24. The van der Waals surface area contributed by atoms with Gasteiger partial charge >= 0.3 is 0 Å². The van der Waals surface area contributed by atoms with E-state index in [2.05, 4.69) is 20.3 Å². The first-order valence-electron chi connectivity index (χ1n) is 3.72. The molecule has 1 saturated carbocycles. The van der Waals surface area contributed by atoms with Crippen molar-refractivity contribution in [3.05, 3.63) is 6.42 Å². The van der Waals surface area contributed by atoms with Crippen molar-refractivity contribution in [2.45, 2.75) is 38.0 Å². The Morgan fingerprint density at radius 3 is 2.67 bits per heavy atom. The third-order valence-corrected chi connectivity index (χ3v) is 2.82. The summed E-state index contributed by atoms with van der Waals surface area (Å²) in [4.78, 5) is 0.107. The molecule has 1 aliphatic rings. The van der Waals surface area contributed by atoms with Crippen molar-refractivity contribution in [1.82, 2.24) is 0 Å². The first-order chi connectivity index (χ1) is 4.19. The lowest BCUT2D eigenvalue weighted by Crippen LogP contribution is -2.11. The first-order valence-corrected chi connectivity index (χ1v) is 4.10. The van der Waals surface area contributed by atoms with Crippen LogP contribution in [0.25, 0.3) is 0 Å². The number of halogens is 1. The maximum absolute atomic E-state index is 6.12. The van der Waals surface area contributed by atoms with E-state index in [0.717, 1.165) is 6.42 Å².